The van der Waals surface area contributed by atoms with Crippen LogP contribution in [0.5, 0.6) is 5.75 Å². The molecule has 0 bridgehead atoms. The van der Waals surface area contributed by atoms with E-state index >= 15 is 4.39 Å². The molecule has 1 N–H and O–H groups in total. The lowest BCUT2D eigenvalue weighted by Gasteiger charge is -2.41. The third-order valence-electron chi connectivity index (χ3n) is 16.2. The molecule has 0 radical (unpaired) electrons. The van der Waals surface area contributed by atoms with Crippen molar-refractivity contribution in [1.29, 1.82) is 0 Å². The molecule has 7 aliphatic rings. The molecule has 324 valence electrons. The minimum absolute atomic E-state index is 0.0559. The van der Waals surface area contributed by atoms with Crippen LogP contribution in [0.25, 0.3) is 16.6 Å². The average molecular weight is 860 g/mol. The zero-order valence-corrected chi connectivity index (χ0v) is 36.1. The smallest absolute Gasteiger partial charge is 0.282 e. The second kappa shape index (κ2) is 15.6. The number of ether oxygens (including phenoxy) is 1. The standard InChI is InChI=1S/C50H55ClFN5O5/c51-38-5-4-6-39-43(38)46(60)54-48-50(19-2-1-3-20-50)37-14-11-33(27-40(37)57(39)48)31-17-23-55(24-18-31)29-30-7-9-32(10-8-30)47(61)56-25-21-49(22-26-56)28-36-41(62-49)15-12-34(44(36)52)35-13-16-42(58)53-45(35)59/h4-6,11-12,14-15,27,30-32,35H,1-3,7-10,13,16-26,28-29H2,(H,53,58,59). The Kier molecular flexibility index (Phi) is 10.1. The Hall–Kier alpha value is -4.61. The highest BCUT2D eigenvalue weighted by Gasteiger charge is 2.48. The first kappa shape index (κ1) is 40.2. The number of hydrogen-bond acceptors (Lipinski definition) is 7. The predicted molar refractivity (Wildman–Crippen MR) is 234 cm³/mol. The number of aromatic nitrogens is 2. The van der Waals surface area contributed by atoms with Gasteiger partial charge in [0.2, 0.25) is 17.7 Å². The Morgan fingerprint density at radius 3 is 2.42 bits per heavy atom. The number of amides is 3. The zero-order chi connectivity index (χ0) is 42.3. The summed E-state index contributed by atoms with van der Waals surface area (Å²) >= 11 is 6.62. The van der Waals surface area contributed by atoms with Crippen LogP contribution in [0.1, 0.15) is 136 Å². The van der Waals surface area contributed by atoms with Gasteiger partial charge in [-0.15, -0.1) is 0 Å². The SMILES string of the molecule is O=C1CCC(c2ccc3c(c2F)CC2(CCN(C(=O)C4CCC(CN5CCC(c6ccc7c(c6)-n6c(nc(=O)c8c(Cl)cccc86)C76CCCCC6)CC5)CC4)CC2)O3)C(=O)N1. The van der Waals surface area contributed by atoms with Crippen molar-refractivity contribution in [3.05, 3.63) is 97.8 Å². The van der Waals surface area contributed by atoms with Gasteiger partial charge >= 0.3 is 0 Å². The fourth-order valence-electron chi connectivity index (χ4n) is 12.8. The Morgan fingerprint density at radius 2 is 1.66 bits per heavy atom. The molecular weight excluding hydrogens is 805 g/mol. The number of nitrogens with one attached hydrogen (secondary N) is 1. The maximum Gasteiger partial charge on any atom is 0.282 e. The Bertz CT molecular complexity index is 2540. The monoisotopic (exact) mass is 859 g/mol. The largest absolute Gasteiger partial charge is 0.486 e. The van der Waals surface area contributed by atoms with Crippen LogP contribution in [0.15, 0.2) is 53.3 Å². The summed E-state index contributed by atoms with van der Waals surface area (Å²) in [6.45, 7) is 4.42. The van der Waals surface area contributed by atoms with E-state index in [1.807, 2.05) is 17.0 Å². The summed E-state index contributed by atoms with van der Waals surface area (Å²) in [5.41, 5.74) is 4.56. The van der Waals surface area contributed by atoms with Crippen LogP contribution in [0.2, 0.25) is 5.02 Å². The molecule has 3 aromatic carbocycles. The van der Waals surface area contributed by atoms with Crippen LogP contribution in [0, 0.1) is 17.7 Å². The number of nitrogens with zero attached hydrogens (tertiary/aromatic N) is 4. The van der Waals surface area contributed by atoms with Gasteiger partial charge in [0.1, 0.15) is 23.0 Å². The highest BCUT2D eigenvalue weighted by atomic mass is 35.5. The third-order valence-corrected chi connectivity index (χ3v) is 16.5. The van der Waals surface area contributed by atoms with Crippen LogP contribution in [0.3, 0.4) is 0 Å². The van der Waals surface area contributed by atoms with Gasteiger partial charge in [-0.2, -0.15) is 4.98 Å². The quantitative estimate of drug-likeness (QED) is 0.201. The molecule has 10 nitrogen and oxygen atoms in total. The molecule has 1 atom stereocenters. The lowest BCUT2D eigenvalue weighted by Crippen LogP contribution is -2.50. The van der Waals surface area contributed by atoms with E-state index in [-0.39, 0.29) is 35.1 Å². The van der Waals surface area contributed by atoms with Crippen molar-refractivity contribution in [2.75, 3.05) is 32.7 Å². The second-order valence-corrected chi connectivity index (χ2v) is 20.1. The summed E-state index contributed by atoms with van der Waals surface area (Å²) in [5.74, 6) is 0.973. The van der Waals surface area contributed by atoms with E-state index in [1.165, 1.54) is 23.2 Å². The van der Waals surface area contributed by atoms with Crippen LogP contribution < -0.4 is 15.6 Å². The van der Waals surface area contributed by atoms with Crippen LogP contribution in [-0.4, -0.2) is 75.4 Å². The summed E-state index contributed by atoms with van der Waals surface area (Å²) in [7, 11) is 0. The number of carbonyl (C=O) groups is 3. The van der Waals surface area contributed by atoms with Gasteiger partial charge in [-0.25, -0.2) is 4.39 Å². The molecule has 2 saturated carbocycles. The van der Waals surface area contributed by atoms with E-state index in [0.29, 0.717) is 77.9 Å². The number of hydrogen-bond donors (Lipinski definition) is 1. The van der Waals surface area contributed by atoms with Crippen molar-refractivity contribution in [3.63, 3.8) is 0 Å². The van der Waals surface area contributed by atoms with Crippen LogP contribution in [-0.2, 0) is 26.2 Å². The van der Waals surface area contributed by atoms with Gasteiger partial charge < -0.3 is 14.5 Å². The van der Waals surface area contributed by atoms with Crippen molar-refractivity contribution in [2.45, 2.75) is 126 Å². The first-order chi connectivity index (χ1) is 30.1. The minimum atomic E-state index is -0.677. The molecule has 2 aliphatic carbocycles. The zero-order valence-electron chi connectivity index (χ0n) is 35.4. The number of piperidine rings is 3. The van der Waals surface area contributed by atoms with Gasteiger partial charge in [-0.3, -0.25) is 29.1 Å². The van der Waals surface area contributed by atoms with Crippen LogP contribution >= 0.6 is 11.6 Å². The topological polar surface area (TPSA) is 114 Å². The molecule has 3 amide bonds. The van der Waals surface area contributed by atoms with E-state index in [2.05, 4.69) is 33.0 Å². The maximum absolute atomic E-state index is 15.8. The minimum Gasteiger partial charge on any atom is -0.486 e. The molecule has 62 heavy (non-hydrogen) atoms. The summed E-state index contributed by atoms with van der Waals surface area (Å²) in [5, 5.41) is 3.30. The van der Waals surface area contributed by atoms with Crippen LogP contribution in [0.4, 0.5) is 4.39 Å². The Morgan fingerprint density at radius 1 is 0.887 bits per heavy atom. The first-order valence-electron chi connectivity index (χ1n) is 23.3. The number of likely N-dealkylation sites (tertiary alicyclic amines) is 2. The highest BCUT2D eigenvalue weighted by Crippen LogP contribution is 2.52. The lowest BCUT2D eigenvalue weighted by atomic mass is 9.69. The number of rotatable bonds is 5. The number of benzene rings is 3. The summed E-state index contributed by atoms with van der Waals surface area (Å²) < 4.78 is 24.5. The average Bonchev–Trinajstić information content (AvgIpc) is 3.77. The molecule has 6 heterocycles. The number of imide groups is 1. The highest BCUT2D eigenvalue weighted by molar-refractivity contribution is 6.35. The van der Waals surface area contributed by atoms with Gasteiger partial charge in [-0.05, 0) is 118 Å². The number of carbonyl (C=O) groups excluding carboxylic acids is 3. The lowest BCUT2D eigenvalue weighted by molar-refractivity contribution is -0.140. The summed E-state index contributed by atoms with van der Waals surface area (Å²) in [4.78, 5) is 60.8. The van der Waals surface area contributed by atoms with Crippen molar-refractivity contribution < 1.29 is 23.5 Å². The van der Waals surface area contributed by atoms with E-state index in [4.69, 9.17) is 21.3 Å². The number of halogens is 2. The predicted octanol–water partition coefficient (Wildman–Crippen LogP) is 8.24. The van der Waals surface area contributed by atoms with E-state index in [1.54, 1.807) is 18.2 Å². The second-order valence-electron chi connectivity index (χ2n) is 19.7. The molecule has 12 heteroatoms. The number of fused-ring (bicyclic) bond motifs is 8. The van der Waals surface area contributed by atoms with E-state index in [0.717, 1.165) is 95.2 Å². The summed E-state index contributed by atoms with van der Waals surface area (Å²) in [6, 6.07) is 16.3. The van der Waals surface area contributed by atoms with Crippen molar-refractivity contribution in [2.24, 2.45) is 11.8 Å². The van der Waals surface area contributed by atoms with E-state index < -0.39 is 23.2 Å². The molecular formula is C50H55ClFN5O5. The molecule has 1 aromatic heterocycles. The van der Waals surface area contributed by atoms with Crippen molar-refractivity contribution in [1.82, 2.24) is 24.7 Å². The van der Waals surface area contributed by atoms with Gasteiger partial charge in [0, 0.05) is 62.4 Å². The first-order valence-corrected chi connectivity index (χ1v) is 23.7. The molecule has 2 spiro atoms. The molecule has 5 aliphatic heterocycles. The maximum atomic E-state index is 15.8. The molecule has 1 unspecified atom stereocenters. The molecule has 11 rings (SSSR count). The van der Waals surface area contributed by atoms with Gasteiger partial charge in [0.15, 0.2) is 0 Å². The molecule has 4 aromatic rings. The Balaban J connectivity index is 0.682. The third kappa shape index (κ3) is 6.70. The van der Waals surface area contributed by atoms with Gasteiger partial charge in [0.25, 0.3) is 5.56 Å². The fourth-order valence-corrected chi connectivity index (χ4v) is 13.0. The summed E-state index contributed by atoms with van der Waals surface area (Å²) in [6.07, 6.45) is 14.0. The van der Waals surface area contributed by atoms with Gasteiger partial charge in [-0.1, -0.05) is 55.1 Å². The van der Waals surface area contributed by atoms with Gasteiger partial charge in [0.05, 0.1) is 32.9 Å². The van der Waals surface area contributed by atoms with Crippen molar-refractivity contribution >= 4 is 40.2 Å². The Labute approximate surface area is 366 Å². The normalized spacial score (nSPS) is 25.7. The molecule has 5 fully saturated rings. The van der Waals surface area contributed by atoms with E-state index in [9.17, 15) is 19.2 Å². The fraction of sp³-hybridized carbons (Fsp3) is 0.540. The molecule has 3 saturated heterocycles. The van der Waals surface area contributed by atoms with Crippen molar-refractivity contribution in [3.8, 4) is 11.4 Å².